The van der Waals surface area contributed by atoms with E-state index in [4.69, 9.17) is 10.5 Å². The number of nitrogens with two attached hydrogens (primary N) is 1. The molecule has 3 N–H and O–H groups in total. The van der Waals surface area contributed by atoms with E-state index in [0.717, 1.165) is 17.1 Å². The first-order valence-corrected chi connectivity index (χ1v) is 6.50. The summed E-state index contributed by atoms with van der Waals surface area (Å²) in [6.07, 6.45) is 1.01. The van der Waals surface area contributed by atoms with Gasteiger partial charge in [-0.2, -0.15) is 0 Å². The van der Waals surface area contributed by atoms with Gasteiger partial charge in [-0.15, -0.1) is 11.3 Å². The summed E-state index contributed by atoms with van der Waals surface area (Å²) in [4.78, 5) is 15.9. The summed E-state index contributed by atoms with van der Waals surface area (Å²) in [7, 11) is 1.55. The van der Waals surface area contributed by atoms with Gasteiger partial charge in [0.05, 0.1) is 29.8 Å². The number of nitrogens with one attached hydrogen (secondary N) is 1. The second-order valence-corrected chi connectivity index (χ2v) is 4.60. The third-order valence-electron chi connectivity index (χ3n) is 2.38. The van der Waals surface area contributed by atoms with Crippen molar-refractivity contribution in [2.24, 2.45) is 5.73 Å². The SMILES string of the molecule is CCc1nc(CNC(=O)CC(CN)OC)cs1. The molecule has 6 heteroatoms. The number of nitrogens with zero attached hydrogens (tertiary/aromatic N) is 1. The summed E-state index contributed by atoms with van der Waals surface area (Å²) >= 11 is 1.62. The molecule has 0 saturated heterocycles. The zero-order chi connectivity index (χ0) is 12.7. The number of aryl methyl sites for hydroxylation is 1. The number of carbonyl (C=O) groups excluding carboxylic acids is 1. The first-order chi connectivity index (χ1) is 8.19. The molecular weight excluding hydrogens is 238 g/mol. The van der Waals surface area contributed by atoms with Gasteiger partial charge >= 0.3 is 0 Å². The van der Waals surface area contributed by atoms with E-state index in [1.807, 2.05) is 5.38 Å². The molecule has 1 aromatic rings. The van der Waals surface area contributed by atoms with Crippen LogP contribution in [0, 0.1) is 0 Å². The van der Waals surface area contributed by atoms with Crippen LogP contribution in [0.3, 0.4) is 0 Å². The van der Waals surface area contributed by atoms with E-state index in [0.29, 0.717) is 13.1 Å². The van der Waals surface area contributed by atoms with Crippen LogP contribution in [-0.4, -0.2) is 30.6 Å². The number of methoxy groups -OCH3 is 1. The van der Waals surface area contributed by atoms with Crippen LogP contribution in [0.1, 0.15) is 24.0 Å². The fraction of sp³-hybridized carbons (Fsp3) is 0.636. The van der Waals surface area contributed by atoms with Crippen molar-refractivity contribution in [1.29, 1.82) is 0 Å². The lowest BCUT2D eigenvalue weighted by atomic mass is 10.2. The summed E-state index contributed by atoms with van der Waals surface area (Å²) in [5.74, 6) is -0.0617. The number of rotatable bonds is 7. The minimum Gasteiger partial charge on any atom is -0.380 e. The van der Waals surface area contributed by atoms with E-state index in [9.17, 15) is 4.79 Å². The van der Waals surface area contributed by atoms with Gasteiger partial charge in [0.1, 0.15) is 0 Å². The van der Waals surface area contributed by atoms with Crippen molar-refractivity contribution >= 4 is 17.2 Å². The Balaban J connectivity index is 2.32. The Bertz CT molecular complexity index is 350. The molecule has 0 spiro atoms. The van der Waals surface area contributed by atoms with Crippen LogP contribution >= 0.6 is 11.3 Å². The van der Waals surface area contributed by atoms with Crippen LogP contribution in [0.4, 0.5) is 0 Å². The Hall–Kier alpha value is -0.980. The van der Waals surface area contributed by atoms with Gasteiger partial charge in [-0.05, 0) is 6.42 Å². The third-order valence-corrected chi connectivity index (χ3v) is 3.42. The Labute approximate surface area is 105 Å². The predicted octanol–water partition coefficient (Wildman–Crippen LogP) is 0.685. The molecule has 0 aliphatic heterocycles. The number of thiazole rings is 1. The number of hydrogen-bond acceptors (Lipinski definition) is 5. The van der Waals surface area contributed by atoms with Gasteiger partial charge in [0, 0.05) is 19.0 Å². The topological polar surface area (TPSA) is 77.2 Å². The van der Waals surface area contributed by atoms with Crippen LogP contribution in [0.5, 0.6) is 0 Å². The number of ether oxygens (including phenoxy) is 1. The fourth-order valence-electron chi connectivity index (χ4n) is 1.32. The quantitative estimate of drug-likeness (QED) is 0.753. The average molecular weight is 257 g/mol. The van der Waals surface area contributed by atoms with Crippen LogP contribution in [0.25, 0.3) is 0 Å². The Morgan fingerprint density at radius 1 is 1.71 bits per heavy atom. The van der Waals surface area contributed by atoms with Gasteiger partial charge in [0.2, 0.25) is 5.91 Å². The van der Waals surface area contributed by atoms with Crippen molar-refractivity contribution in [2.75, 3.05) is 13.7 Å². The molecule has 0 fully saturated rings. The van der Waals surface area contributed by atoms with Crippen molar-refractivity contribution in [3.05, 3.63) is 16.1 Å². The molecule has 1 unspecified atom stereocenters. The lowest BCUT2D eigenvalue weighted by Crippen LogP contribution is -2.31. The Morgan fingerprint density at radius 3 is 3.00 bits per heavy atom. The zero-order valence-corrected chi connectivity index (χ0v) is 11.0. The molecule has 1 atom stereocenters. The van der Waals surface area contributed by atoms with Crippen molar-refractivity contribution < 1.29 is 9.53 Å². The smallest absolute Gasteiger partial charge is 0.222 e. The van der Waals surface area contributed by atoms with Crippen molar-refractivity contribution in [3.8, 4) is 0 Å². The Kier molecular flexibility index (Phi) is 6.10. The number of aromatic nitrogens is 1. The van der Waals surface area contributed by atoms with Crippen molar-refractivity contribution in [1.82, 2.24) is 10.3 Å². The van der Waals surface area contributed by atoms with E-state index in [1.165, 1.54) is 0 Å². The molecule has 96 valence electrons. The molecule has 1 rings (SSSR count). The molecule has 0 aliphatic rings. The van der Waals surface area contributed by atoms with Crippen LogP contribution in [0.2, 0.25) is 0 Å². The molecule has 1 amide bonds. The normalized spacial score (nSPS) is 12.4. The summed E-state index contributed by atoms with van der Waals surface area (Å²) < 4.78 is 5.04. The van der Waals surface area contributed by atoms with E-state index in [1.54, 1.807) is 18.4 Å². The lowest BCUT2D eigenvalue weighted by molar-refractivity contribution is -0.123. The molecule has 0 aliphatic carbocycles. The highest BCUT2D eigenvalue weighted by atomic mass is 32.1. The zero-order valence-electron chi connectivity index (χ0n) is 10.2. The molecule has 5 nitrogen and oxygen atoms in total. The largest absolute Gasteiger partial charge is 0.380 e. The van der Waals surface area contributed by atoms with Gasteiger partial charge < -0.3 is 15.8 Å². The molecule has 1 aromatic heterocycles. The monoisotopic (exact) mass is 257 g/mol. The highest BCUT2D eigenvalue weighted by molar-refractivity contribution is 7.09. The van der Waals surface area contributed by atoms with E-state index < -0.39 is 0 Å². The summed E-state index contributed by atoms with van der Waals surface area (Å²) in [6, 6.07) is 0. The highest BCUT2D eigenvalue weighted by Crippen LogP contribution is 2.09. The molecule has 0 bridgehead atoms. The van der Waals surface area contributed by atoms with Crippen LogP contribution in [0.15, 0.2) is 5.38 Å². The fourth-order valence-corrected chi connectivity index (χ4v) is 2.07. The van der Waals surface area contributed by atoms with Gasteiger partial charge in [-0.3, -0.25) is 4.79 Å². The number of amides is 1. The first kappa shape index (κ1) is 14.1. The molecule has 17 heavy (non-hydrogen) atoms. The van der Waals surface area contributed by atoms with Crippen LogP contribution in [-0.2, 0) is 22.5 Å². The third kappa shape index (κ3) is 4.80. The minimum absolute atomic E-state index is 0.0617. The second-order valence-electron chi connectivity index (χ2n) is 3.66. The van der Waals surface area contributed by atoms with Gasteiger partial charge in [-0.25, -0.2) is 4.98 Å². The molecular formula is C11H19N3O2S. The predicted molar refractivity (Wildman–Crippen MR) is 67.8 cm³/mol. The van der Waals surface area contributed by atoms with Crippen LogP contribution < -0.4 is 11.1 Å². The molecule has 1 heterocycles. The van der Waals surface area contributed by atoms with Gasteiger partial charge in [0.25, 0.3) is 0 Å². The van der Waals surface area contributed by atoms with E-state index >= 15 is 0 Å². The number of hydrogen-bond donors (Lipinski definition) is 2. The second kappa shape index (κ2) is 7.37. The van der Waals surface area contributed by atoms with Crippen molar-refractivity contribution in [3.63, 3.8) is 0 Å². The highest BCUT2D eigenvalue weighted by Gasteiger charge is 2.11. The molecule has 0 saturated carbocycles. The molecule has 0 radical (unpaired) electrons. The van der Waals surface area contributed by atoms with E-state index in [-0.39, 0.29) is 18.4 Å². The first-order valence-electron chi connectivity index (χ1n) is 5.62. The summed E-state index contributed by atoms with van der Waals surface area (Å²) in [6.45, 7) is 2.88. The maximum Gasteiger partial charge on any atom is 0.222 e. The van der Waals surface area contributed by atoms with Gasteiger partial charge in [0.15, 0.2) is 0 Å². The lowest BCUT2D eigenvalue weighted by Gasteiger charge is -2.11. The van der Waals surface area contributed by atoms with Crippen molar-refractivity contribution in [2.45, 2.75) is 32.4 Å². The van der Waals surface area contributed by atoms with Gasteiger partial charge in [-0.1, -0.05) is 6.92 Å². The Morgan fingerprint density at radius 2 is 2.47 bits per heavy atom. The maximum atomic E-state index is 11.5. The average Bonchev–Trinajstić information content (AvgIpc) is 2.81. The van der Waals surface area contributed by atoms with E-state index in [2.05, 4.69) is 17.2 Å². The summed E-state index contributed by atoms with van der Waals surface area (Å²) in [5.41, 5.74) is 6.35. The molecule has 0 aromatic carbocycles. The standard InChI is InChI=1S/C11H19N3O2S/c1-3-11-14-8(7-17-11)6-13-10(15)4-9(5-12)16-2/h7,9H,3-6,12H2,1-2H3,(H,13,15). The maximum absolute atomic E-state index is 11.5. The minimum atomic E-state index is -0.211. The summed E-state index contributed by atoms with van der Waals surface area (Å²) in [5, 5.41) is 5.86. The number of carbonyl (C=O) groups is 1.